The summed E-state index contributed by atoms with van der Waals surface area (Å²) in [6, 6.07) is 5.48. The van der Waals surface area contributed by atoms with Gasteiger partial charge in [0.05, 0.1) is 17.1 Å². The minimum absolute atomic E-state index is 0.116. The smallest absolute Gasteiger partial charge is 0.419 e. The number of halogens is 3. The minimum Gasteiger partial charge on any atom is -0.493 e. The Bertz CT molecular complexity index is 1200. The number of nitrogens with one attached hydrogen (secondary N) is 1. The predicted octanol–water partition coefficient (Wildman–Crippen LogP) is 5.40. The molecule has 0 unspecified atom stereocenters. The van der Waals surface area contributed by atoms with Crippen molar-refractivity contribution in [2.75, 3.05) is 6.61 Å². The maximum atomic E-state index is 13.5. The molecule has 1 saturated heterocycles. The van der Waals surface area contributed by atoms with Crippen molar-refractivity contribution in [1.29, 1.82) is 0 Å². The summed E-state index contributed by atoms with van der Waals surface area (Å²) in [6.45, 7) is 1.73. The minimum atomic E-state index is -4.58. The fourth-order valence-corrected chi connectivity index (χ4v) is 4.03. The highest BCUT2D eigenvalue weighted by molar-refractivity contribution is 8.26. The van der Waals surface area contributed by atoms with Crippen molar-refractivity contribution in [3.05, 3.63) is 52.9 Å². The van der Waals surface area contributed by atoms with Crippen molar-refractivity contribution >= 4 is 51.3 Å². The number of benzene rings is 1. The van der Waals surface area contributed by atoms with Crippen LogP contribution in [0.2, 0.25) is 0 Å². The van der Waals surface area contributed by atoms with E-state index in [9.17, 15) is 18.0 Å². The number of alkyl halides is 3. The van der Waals surface area contributed by atoms with Crippen molar-refractivity contribution in [1.82, 2.24) is 10.3 Å². The predicted molar refractivity (Wildman–Crippen MR) is 112 cm³/mol. The molecule has 3 heterocycles. The second kappa shape index (κ2) is 7.77. The number of nitrogens with zero attached hydrogens (tertiary/aromatic N) is 1. The van der Waals surface area contributed by atoms with Gasteiger partial charge >= 0.3 is 6.18 Å². The standard InChI is InChI=1S/C20H13F3N2O3S2/c1-2-27-15-4-3-10(6-14(15)20(21,22)23)13-9-24-8-11-5-12(28-17(11)13)7-16-18(26)25-19(29)30-16/h3-9H,2H2,1H3,(H,25,26,29). The number of ether oxygens (including phenoxy) is 1. The molecule has 1 aliphatic heterocycles. The van der Waals surface area contributed by atoms with Gasteiger partial charge in [-0.25, -0.2) is 0 Å². The van der Waals surface area contributed by atoms with Crippen LogP contribution in [0.5, 0.6) is 5.75 Å². The third kappa shape index (κ3) is 3.92. The molecule has 4 rings (SSSR count). The number of amides is 1. The summed E-state index contributed by atoms with van der Waals surface area (Å²) in [5.74, 6) is -0.201. The fraction of sp³-hybridized carbons (Fsp3) is 0.150. The molecule has 0 spiro atoms. The fourth-order valence-electron chi connectivity index (χ4n) is 3.01. The van der Waals surface area contributed by atoms with Gasteiger partial charge < -0.3 is 14.5 Å². The molecule has 0 aliphatic carbocycles. The quantitative estimate of drug-likeness (QED) is 0.424. The summed E-state index contributed by atoms with van der Waals surface area (Å²) >= 11 is 6.06. The number of carbonyl (C=O) groups excluding carboxylic acids is 1. The third-order valence-electron chi connectivity index (χ3n) is 4.25. The van der Waals surface area contributed by atoms with Crippen LogP contribution in [-0.4, -0.2) is 21.8 Å². The number of hydrogen-bond acceptors (Lipinski definition) is 6. The molecule has 2 aromatic heterocycles. The largest absolute Gasteiger partial charge is 0.493 e. The van der Waals surface area contributed by atoms with E-state index < -0.39 is 11.7 Å². The van der Waals surface area contributed by atoms with Crippen LogP contribution in [-0.2, 0) is 11.0 Å². The van der Waals surface area contributed by atoms with Crippen LogP contribution in [0.15, 0.2) is 46.0 Å². The summed E-state index contributed by atoms with van der Waals surface area (Å²) in [5, 5.41) is 3.10. The van der Waals surface area contributed by atoms with Crippen LogP contribution in [0.4, 0.5) is 13.2 Å². The van der Waals surface area contributed by atoms with Gasteiger partial charge in [-0.1, -0.05) is 30.0 Å². The number of fused-ring (bicyclic) bond motifs is 1. The van der Waals surface area contributed by atoms with Crippen molar-refractivity contribution < 1.29 is 27.1 Å². The number of carbonyl (C=O) groups is 1. The van der Waals surface area contributed by atoms with Gasteiger partial charge in [0.15, 0.2) is 0 Å². The Balaban J connectivity index is 1.80. The Kier molecular flexibility index (Phi) is 5.29. The van der Waals surface area contributed by atoms with Crippen LogP contribution in [0.3, 0.4) is 0 Å². The van der Waals surface area contributed by atoms with E-state index in [2.05, 4.69) is 10.3 Å². The number of thiocarbonyl (C=S) groups is 1. The van der Waals surface area contributed by atoms with Crippen LogP contribution in [0.1, 0.15) is 18.2 Å². The first-order valence-corrected chi connectivity index (χ1v) is 9.95. The third-order valence-corrected chi connectivity index (χ3v) is 5.42. The van der Waals surface area contributed by atoms with E-state index in [1.54, 1.807) is 13.0 Å². The highest BCUT2D eigenvalue weighted by Gasteiger charge is 2.35. The molecule has 1 fully saturated rings. The van der Waals surface area contributed by atoms with Crippen LogP contribution in [0, 0.1) is 0 Å². The zero-order valence-corrected chi connectivity index (χ0v) is 17.0. The normalized spacial score (nSPS) is 15.8. The van der Waals surface area contributed by atoms with Crippen molar-refractivity contribution in [2.24, 2.45) is 0 Å². The van der Waals surface area contributed by atoms with Crippen molar-refractivity contribution in [3.63, 3.8) is 0 Å². The first-order chi connectivity index (χ1) is 14.3. The first-order valence-electron chi connectivity index (χ1n) is 8.73. The molecule has 0 bridgehead atoms. The van der Waals surface area contributed by atoms with Gasteiger partial charge in [-0.3, -0.25) is 9.78 Å². The molecule has 1 N–H and O–H groups in total. The molecular weight excluding hydrogens is 437 g/mol. The second-order valence-electron chi connectivity index (χ2n) is 6.25. The van der Waals surface area contributed by atoms with Crippen molar-refractivity contribution in [3.8, 4) is 16.9 Å². The van der Waals surface area contributed by atoms with E-state index in [4.69, 9.17) is 21.4 Å². The lowest BCUT2D eigenvalue weighted by Gasteiger charge is -2.14. The zero-order chi connectivity index (χ0) is 21.5. The molecule has 0 saturated carbocycles. The summed E-state index contributed by atoms with van der Waals surface area (Å²) in [7, 11) is 0. The van der Waals surface area contributed by atoms with Gasteiger partial charge in [-0.05, 0) is 30.7 Å². The molecular formula is C20H13F3N2O3S2. The Labute approximate surface area is 178 Å². The number of aromatic nitrogens is 1. The van der Waals surface area contributed by atoms with E-state index in [-0.39, 0.29) is 23.8 Å². The van der Waals surface area contributed by atoms with Gasteiger partial charge in [0, 0.05) is 29.4 Å². The van der Waals surface area contributed by atoms with Gasteiger partial charge in [0.1, 0.15) is 21.4 Å². The zero-order valence-electron chi connectivity index (χ0n) is 15.4. The first kappa shape index (κ1) is 20.4. The molecule has 154 valence electrons. The van der Waals surface area contributed by atoms with Gasteiger partial charge in [-0.15, -0.1) is 0 Å². The Morgan fingerprint density at radius 2 is 2.10 bits per heavy atom. The summed E-state index contributed by atoms with van der Waals surface area (Å²) in [5.41, 5.74) is 0.164. The lowest BCUT2D eigenvalue weighted by atomic mass is 10.0. The maximum Gasteiger partial charge on any atom is 0.419 e. The molecule has 3 aromatic rings. The summed E-state index contributed by atoms with van der Waals surface area (Å²) < 4.78 is 51.8. The molecule has 5 nitrogen and oxygen atoms in total. The summed E-state index contributed by atoms with van der Waals surface area (Å²) in [4.78, 5) is 16.3. The molecule has 30 heavy (non-hydrogen) atoms. The maximum absolute atomic E-state index is 13.5. The van der Waals surface area contributed by atoms with E-state index in [1.165, 1.54) is 30.6 Å². The van der Waals surface area contributed by atoms with E-state index in [0.29, 0.717) is 31.5 Å². The number of pyridine rings is 1. The molecule has 1 aliphatic rings. The van der Waals surface area contributed by atoms with Gasteiger partial charge in [0.2, 0.25) is 0 Å². The topological polar surface area (TPSA) is 64.4 Å². The second-order valence-corrected chi connectivity index (χ2v) is 7.97. The average Bonchev–Trinajstić information content (AvgIpc) is 3.23. The number of rotatable bonds is 4. The molecule has 0 radical (unpaired) electrons. The van der Waals surface area contributed by atoms with Crippen LogP contribution >= 0.6 is 24.0 Å². The SMILES string of the molecule is CCOc1ccc(-c2cncc3cc(C=C4SC(=S)NC4=O)oc23)cc1C(F)(F)F. The lowest BCUT2D eigenvalue weighted by molar-refractivity contribution is -0.138. The number of hydrogen-bond donors (Lipinski definition) is 1. The Morgan fingerprint density at radius 1 is 1.30 bits per heavy atom. The summed E-state index contributed by atoms with van der Waals surface area (Å²) in [6.07, 6.45) is -0.0741. The monoisotopic (exact) mass is 450 g/mol. The average molecular weight is 450 g/mol. The van der Waals surface area contributed by atoms with E-state index >= 15 is 0 Å². The van der Waals surface area contributed by atoms with Gasteiger partial charge in [0.25, 0.3) is 5.91 Å². The van der Waals surface area contributed by atoms with Crippen LogP contribution < -0.4 is 10.1 Å². The van der Waals surface area contributed by atoms with E-state index in [0.717, 1.165) is 17.8 Å². The van der Waals surface area contributed by atoms with E-state index in [1.807, 2.05) is 0 Å². The van der Waals surface area contributed by atoms with Crippen molar-refractivity contribution in [2.45, 2.75) is 13.1 Å². The Hall–Kier alpha value is -2.85. The molecule has 1 amide bonds. The molecule has 10 heteroatoms. The number of furan rings is 1. The van der Waals surface area contributed by atoms with Gasteiger partial charge in [-0.2, -0.15) is 13.2 Å². The molecule has 1 aromatic carbocycles. The number of thioether (sulfide) groups is 1. The molecule has 0 atom stereocenters. The Morgan fingerprint density at radius 3 is 2.77 bits per heavy atom. The highest BCUT2D eigenvalue weighted by Crippen LogP contribution is 2.40. The highest BCUT2D eigenvalue weighted by atomic mass is 32.2. The van der Waals surface area contributed by atoms with Crippen LogP contribution in [0.25, 0.3) is 28.2 Å². The lowest BCUT2D eigenvalue weighted by Crippen LogP contribution is -2.17.